The highest BCUT2D eigenvalue weighted by Crippen LogP contribution is 2.36. The lowest BCUT2D eigenvalue weighted by Crippen LogP contribution is -2.50. The van der Waals surface area contributed by atoms with E-state index in [0.717, 1.165) is 63.9 Å². The van der Waals surface area contributed by atoms with Crippen molar-refractivity contribution in [3.05, 3.63) is 29.8 Å². The number of guanidine groups is 1. The maximum absolute atomic E-state index is 5.69. The van der Waals surface area contributed by atoms with Crippen molar-refractivity contribution in [2.75, 3.05) is 46.5 Å². The molecule has 0 saturated carbocycles. The molecule has 1 aromatic rings. The molecule has 0 radical (unpaired) electrons. The van der Waals surface area contributed by atoms with Gasteiger partial charge in [-0.15, -0.1) is 24.0 Å². The lowest BCUT2D eigenvalue weighted by molar-refractivity contribution is 0.0530. The first-order chi connectivity index (χ1) is 14.6. The Labute approximate surface area is 205 Å². The number of hydrogen-bond acceptors (Lipinski definition) is 4. The van der Waals surface area contributed by atoms with Crippen molar-refractivity contribution in [3.8, 4) is 5.75 Å². The monoisotopic (exact) mass is 544 g/mol. The Balaban J connectivity index is 0.00000341. The maximum Gasteiger partial charge on any atom is 0.191 e. The number of piperidine rings is 1. The fraction of sp³-hybridized carbons (Fsp3) is 0.708. The summed E-state index contributed by atoms with van der Waals surface area (Å²) < 4.78 is 11.0. The molecule has 0 aromatic heterocycles. The molecule has 1 aromatic carbocycles. The number of nitrogens with zero attached hydrogens (tertiary/aromatic N) is 2. The van der Waals surface area contributed by atoms with Gasteiger partial charge in [-0.3, -0.25) is 4.99 Å². The highest BCUT2D eigenvalue weighted by molar-refractivity contribution is 14.0. The van der Waals surface area contributed by atoms with Gasteiger partial charge in [-0.2, -0.15) is 0 Å². The number of nitrogens with one attached hydrogen (secondary N) is 2. The molecule has 3 rings (SSSR count). The van der Waals surface area contributed by atoms with Crippen LogP contribution in [0.3, 0.4) is 0 Å². The van der Waals surface area contributed by atoms with E-state index in [1.165, 1.54) is 18.4 Å². The lowest BCUT2D eigenvalue weighted by atomic mass is 9.74. The molecular formula is C24H41IN4O2. The Morgan fingerprint density at radius 1 is 1.19 bits per heavy atom. The van der Waals surface area contributed by atoms with Crippen LogP contribution in [0, 0.1) is 0 Å². The average molecular weight is 545 g/mol. The molecule has 2 N–H and O–H groups in total. The standard InChI is InChI=1S/C24H40N4O2.HI/c1-5-25-23(27-21-10-14-28(15-11-21)19(2)3)26-18-24(12-16-30-17-13-24)20-6-8-22(29-4)9-7-20;/h6-9,19,21H,5,10-18H2,1-4H3,(H2,25,26,27);1H. The molecule has 0 amide bonds. The molecule has 0 unspecified atom stereocenters. The summed E-state index contributed by atoms with van der Waals surface area (Å²) in [4.78, 5) is 7.63. The Morgan fingerprint density at radius 3 is 2.39 bits per heavy atom. The van der Waals surface area contributed by atoms with Crippen LogP contribution in [0.25, 0.3) is 0 Å². The van der Waals surface area contributed by atoms with Gasteiger partial charge in [-0.1, -0.05) is 12.1 Å². The van der Waals surface area contributed by atoms with Gasteiger partial charge in [-0.25, -0.2) is 0 Å². The van der Waals surface area contributed by atoms with E-state index >= 15 is 0 Å². The van der Waals surface area contributed by atoms with Crippen LogP contribution in [-0.4, -0.2) is 69.4 Å². The Hall–Kier alpha value is -1.06. The van der Waals surface area contributed by atoms with Gasteiger partial charge in [0.25, 0.3) is 0 Å². The number of halogens is 1. The van der Waals surface area contributed by atoms with E-state index in [1.807, 2.05) is 0 Å². The van der Waals surface area contributed by atoms with E-state index in [9.17, 15) is 0 Å². The van der Waals surface area contributed by atoms with Crippen LogP contribution in [0.15, 0.2) is 29.3 Å². The summed E-state index contributed by atoms with van der Waals surface area (Å²) in [6.45, 7) is 12.2. The zero-order valence-corrected chi connectivity index (χ0v) is 22.0. The third-order valence-corrected chi connectivity index (χ3v) is 6.64. The van der Waals surface area contributed by atoms with Gasteiger partial charge in [0.05, 0.1) is 13.7 Å². The van der Waals surface area contributed by atoms with Gasteiger partial charge < -0.3 is 25.0 Å². The minimum atomic E-state index is 0. The number of ether oxygens (including phenoxy) is 2. The molecular weight excluding hydrogens is 503 g/mol. The fourth-order valence-corrected chi connectivity index (χ4v) is 4.55. The molecule has 176 valence electrons. The van der Waals surface area contributed by atoms with Gasteiger partial charge in [0, 0.05) is 50.3 Å². The summed E-state index contributed by atoms with van der Waals surface area (Å²) in [6, 6.07) is 9.63. The molecule has 2 heterocycles. The van der Waals surface area contributed by atoms with Gasteiger partial charge >= 0.3 is 0 Å². The number of likely N-dealkylation sites (tertiary alicyclic amines) is 1. The molecule has 0 atom stereocenters. The van der Waals surface area contributed by atoms with Crippen molar-refractivity contribution in [1.29, 1.82) is 0 Å². The van der Waals surface area contributed by atoms with Crippen molar-refractivity contribution in [3.63, 3.8) is 0 Å². The highest BCUT2D eigenvalue weighted by Gasteiger charge is 2.34. The van der Waals surface area contributed by atoms with Crippen molar-refractivity contribution < 1.29 is 9.47 Å². The third kappa shape index (κ3) is 7.22. The van der Waals surface area contributed by atoms with Crippen LogP contribution in [0.1, 0.15) is 52.0 Å². The highest BCUT2D eigenvalue weighted by atomic mass is 127. The van der Waals surface area contributed by atoms with E-state index in [2.05, 4.69) is 60.6 Å². The number of methoxy groups -OCH3 is 1. The minimum Gasteiger partial charge on any atom is -0.497 e. The van der Waals surface area contributed by atoms with Crippen LogP contribution >= 0.6 is 24.0 Å². The predicted molar refractivity (Wildman–Crippen MR) is 139 cm³/mol. The number of rotatable bonds is 7. The van der Waals surface area contributed by atoms with E-state index in [0.29, 0.717) is 12.1 Å². The quantitative estimate of drug-likeness (QED) is 0.311. The molecule has 7 heteroatoms. The first kappa shape index (κ1) is 26.2. The average Bonchev–Trinajstić information content (AvgIpc) is 2.79. The number of benzene rings is 1. The Morgan fingerprint density at radius 2 is 1.84 bits per heavy atom. The summed E-state index contributed by atoms with van der Waals surface area (Å²) in [5.41, 5.74) is 1.35. The van der Waals surface area contributed by atoms with Crippen LogP contribution in [-0.2, 0) is 10.2 Å². The maximum atomic E-state index is 5.69. The normalized spacial score (nSPS) is 20.2. The molecule has 31 heavy (non-hydrogen) atoms. The first-order valence-electron chi connectivity index (χ1n) is 11.6. The van der Waals surface area contributed by atoms with E-state index in [1.54, 1.807) is 7.11 Å². The number of hydrogen-bond donors (Lipinski definition) is 2. The summed E-state index contributed by atoms with van der Waals surface area (Å²) in [5.74, 6) is 1.84. The second-order valence-corrected chi connectivity index (χ2v) is 8.86. The summed E-state index contributed by atoms with van der Waals surface area (Å²) in [6.07, 6.45) is 4.32. The molecule has 0 spiro atoms. The van der Waals surface area contributed by atoms with Crippen molar-refractivity contribution >= 4 is 29.9 Å². The van der Waals surface area contributed by atoms with Crippen LogP contribution in [0.4, 0.5) is 0 Å². The third-order valence-electron chi connectivity index (χ3n) is 6.64. The summed E-state index contributed by atoms with van der Waals surface area (Å²) in [7, 11) is 1.71. The molecule has 2 aliphatic rings. The van der Waals surface area contributed by atoms with E-state index < -0.39 is 0 Å². The van der Waals surface area contributed by atoms with Crippen LogP contribution in [0.2, 0.25) is 0 Å². The summed E-state index contributed by atoms with van der Waals surface area (Å²) in [5, 5.41) is 7.17. The fourth-order valence-electron chi connectivity index (χ4n) is 4.55. The van der Waals surface area contributed by atoms with Crippen molar-refractivity contribution in [1.82, 2.24) is 15.5 Å². The van der Waals surface area contributed by atoms with Crippen molar-refractivity contribution in [2.24, 2.45) is 4.99 Å². The number of aliphatic imine (C=N–C) groups is 1. The molecule has 2 fully saturated rings. The first-order valence-corrected chi connectivity index (χ1v) is 11.6. The zero-order valence-electron chi connectivity index (χ0n) is 19.7. The molecule has 6 nitrogen and oxygen atoms in total. The Kier molecular flexibility index (Phi) is 10.9. The van der Waals surface area contributed by atoms with Gasteiger partial charge in [-0.05, 0) is 64.2 Å². The molecule has 2 saturated heterocycles. The second-order valence-electron chi connectivity index (χ2n) is 8.86. The van der Waals surface area contributed by atoms with E-state index in [4.69, 9.17) is 14.5 Å². The van der Waals surface area contributed by atoms with Crippen LogP contribution < -0.4 is 15.4 Å². The predicted octanol–water partition coefficient (Wildman–Crippen LogP) is 3.79. The van der Waals surface area contributed by atoms with Crippen molar-refractivity contribution in [2.45, 2.75) is 64.0 Å². The molecule has 0 aliphatic carbocycles. The smallest absolute Gasteiger partial charge is 0.191 e. The second kappa shape index (κ2) is 12.8. The lowest BCUT2D eigenvalue weighted by Gasteiger charge is -2.37. The zero-order chi connectivity index (χ0) is 21.4. The molecule has 0 bridgehead atoms. The summed E-state index contributed by atoms with van der Waals surface area (Å²) >= 11 is 0. The topological polar surface area (TPSA) is 58.1 Å². The minimum absolute atomic E-state index is 0. The molecule has 2 aliphatic heterocycles. The van der Waals surface area contributed by atoms with Crippen LogP contribution in [0.5, 0.6) is 5.75 Å². The Bertz CT molecular complexity index is 667. The largest absolute Gasteiger partial charge is 0.497 e. The van der Waals surface area contributed by atoms with E-state index in [-0.39, 0.29) is 29.4 Å². The van der Waals surface area contributed by atoms with Gasteiger partial charge in [0.2, 0.25) is 0 Å². The SMILES string of the molecule is CCNC(=NCC1(c2ccc(OC)cc2)CCOCC1)NC1CCN(C(C)C)CC1.I. The van der Waals surface area contributed by atoms with Gasteiger partial charge in [0.1, 0.15) is 5.75 Å². The van der Waals surface area contributed by atoms with Gasteiger partial charge in [0.15, 0.2) is 5.96 Å².